The maximum Gasteiger partial charge on any atom is 0.143 e. The molecule has 3 heterocycles. The molecule has 0 unspecified atom stereocenters. The first-order valence-corrected chi connectivity index (χ1v) is 12.7. The van der Waals surface area contributed by atoms with Crippen LogP contribution in [0.15, 0.2) is 114 Å². The Morgan fingerprint density at radius 3 is 1.86 bits per heavy atom. The van der Waals surface area contributed by atoms with Crippen molar-refractivity contribution in [1.82, 2.24) is 14.5 Å². The summed E-state index contributed by atoms with van der Waals surface area (Å²) < 4.78 is 14.1. The van der Waals surface area contributed by atoms with Gasteiger partial charge in [0.25, 0.3) is 0 Å². The van der Waals surface area contributed by atoms with E-state index >= 15 is 0 Å². The van der Waals surface area contributed by atoms with Crippen molar-refractivity contribution in [3.05, 3.63) is 131 Å². The summed E-state index contributed by atoms with van der Waals surface area (Å²) in [5.41, 5.74) is 4.36. The molecule has 0 fully saturated rings. The fourth-order valence-corrected chi connectivity index (χ4v) is 5.58. The summed E-state index contributed by atoms with van der Waals surface area (Å²) in [6.45, 7) is 0. The van der Waals surface area contributed by atoms with E-state index in [1.165, 1.54) is 0 Å². The van der Waals surface area contributed by atoms with E-state index in [0.717, 1.165) is 54.7 Å². The highest BCUT2D eigenvalue weighted by Gasteiger charge is 2.41. The van der Waals surface area contributed by atoms with Gasteiger partial charge < -0.3 is 14.0 Å². The van der Waals surface area contributed by atoms with Crippen LogP contribution in [-0.4, -0.2) is 28.8 Å². The summed E-state index contributed by atoms with van der Waals surface area (Å²) in [6, 6.07) is 33.3. The van der Waals surface area contributed by atoms with Crippen molar-refractivity contribution in [2.24, 2.45) is 0 Å². The first-order valence-electron chi connectivity index (χ1n) is 11.9. The van der Waals surface area contributed by atoms with Crippen molar-refractivity contribution < 1.29 is 9.47 Å². The smallest absolute Gasteiger partial charge is 0.143 e. The van der Waals surface area contributed by atoms with Crippen molar-refractivity contribution in [2.45, 2.75) is 5.54 Å². The lowest BCUT2D eigenvalue weighted by Crippen LogP contribution is -2.37. The summed E-state index contributed by atoms with van der Waals surface area (Å²) >= 11 is 3.62. The van der Waals surface area contributed by atoms with E-state index in [9.17, 15) is 0 Å². The van der Waals surface area contributed by atoms with Crippen LogP contribution in [0.25, 0.3) is 21.9 Å². The SMILES string of the molecule is COc1ccc(C(c2ccccc2)(c2ccc(OC)cc2)n2c3ccncc3c3ccc(Br)nc32)cc1. The molecule has 0 bridgehead atoms. The molecule has 0 aliphatic rings. The predicted molar refractivity (Wildman–Crippen MR) is 150 cm³/mol. The second-order valence-electron chi connectivity index (χ2n) is 8.77. The molecule has 0 aliphatic heterocycles. The number of halogens is 1. The lowest BCUT2D eigenvalue weighted by Gasteiger charge is -2.38. The van der Waals surface area contributed by atoms with Gasteiger partial charge in [0.05, 0.1) is 19.7 Å². The first kappa shape index (κ1) is 23.3. The van der Waals surface area contributed by atoms with Crippen molar-refractivity contribution in [3.8, 4) is 11.5 Å². The monoisotopic (exact) mass is 549 g/mol. The highest BCUT2D eigenvalue weighted by molar-refractivity contribution is 9.10. The molecule has 0 amide bonds. The number of ether oxygens (including phenoxy) is 2. The molecule has 5 nitrogen and oxygen atoms in total. The Bertz CT molecular complexity index is 1650. The van der Waals surface area contributed by atoms with Crippen LogP contribution in [0.2, 0.25) is 0 Å². The van der Waals surface area contributed by atoms with E-state index in [4.69, 9.17) is 14.5 Å². The minimum atomic E-state index is -0.769. The second kappa shape index (κ2) is 9.37. The highest BCUT2D eigenvalue weighted by atomic mass is 79.9. The zero-order valence-corrected chi connectivity index (χ0v) is 22.0. The highest BCUT2D eigenvalue weighted by Crippen LogP contribution is 2.46. The number of fused-ring (bicyclic) bond motifs is 3. The van der Waals surface area contributed by atoms with Gasteiger partial charge in [-0.3, -0.25) is 4.98 Å². The van der Waals surface area contributed by atoms with Crippen molar-refractivity contribution in [2.75, 3.05) is 14.2 Å². The first-order chi connectivity index (χ1) is 18.2. The van der Waals surface area contributed by atoms with Gasteiger partial charge in [-0.15, -0.1) is 0 Å². The van der Waals surface area contributed by atoms with E-state index in [-0.39, 0.29) is 0 Å². The third-order valence-corrected chi connectivity index (χ3v) is 7.37. The molecule has 0 saturated carbocycles. The molecule has 0 saturated heterocycles. The van der Waals surface area contributed by atoms with Crippen LogP contribution < -0.4 is 9.47 Å². The largest absolute Gasteiger partial charge is 0.497 e. The molecule has 3 aromatic carbocycles. The van der Waals surface area contributed by atoms with Gasteiger partial charge >= 0.3 is 0 Å². The zero-order valence-electron chi connectivity index (χ0n) is 20.4. The van der Waals surface area contributed by atoms with Gasteiger partial charge in [-0.1, -0.05) is 54.6 Å². The molecular formula is C31H24BrN3O2. The van der Waals surface area contributed by atoms with Gasteiger partial charge in [-0.2, -0.15) is 0 Å². The van der Waals surface area contributed by atoms with E-state index in [2.05, 4.69) is 86.1 Å². The number of hydrogen-bond acceptors (Lipinski definition) is 4. The molecule has 0 N–H and O–H groups in total. The van der Waals surface area contributed by atoms with E-state index < -0.39 is 5.54 Å². The van der Waals surface area contributed by atoms with Crippen molar-refractivity contribution in [1.29, 1.82) is 0 Å². The summed E-state index contributed by atoms with van der Waals surface area (Å²) in [5.74, 6) is 1.60. The Labute approximate surface area is 223 Å². The van der Waals surface area contributed by atoms with Crippen LogP contribution in [0, 0.1) is 0 Å². The average molecular weight is 550 g/mol. The molecule has 0 spiro atoms. The van der Waals surface area contributed by atoms with Gasteiger partial charge in [0.15, 0.2) is 0 Å². The molecular weight excluding hydrogens is 526 g/mol. The van der Waals surface area contributed by atoms with Gasteiger partial charge in [0, 0.05) is 23.2 Å². The number of aromatic nitrogens is 3. The minimum absolute atomic E-state index is 0.767. The minimum Gasteiger partial charge on any atom is -0.497 e. The quantitative estimate of drug-likeness (QED) is 0.163. The number of pyridine rings is 2. The fraction of sp³-hybridized carbons (Fsp3) is 0.0968. The summed E-state index contributed by atoms with van der Waals surface area (Å²) in [7, 11) is 3.37. The summed E-state index contributed by atoms with van der Waals surface area (Å²) in [5, 5.41) is 2.08. The van der Waals surface area contributed by atoms with Gasteiger partial charge in [-0.25, -0.2) is 4.98 Å². The Balaban J connectivity index is 1.85. The molecule has 0 aliphatic carbocycles. The number of nitrogens with zero attached hydrogens (tertiary/aromatic N) is 3. The Morgan fingerprint density at radius 1 is 0.676 bits per heavy atom. The number of benzene rings is 3. The maximum absolute atomic E-state index is 5.52. The molecule has 3 aromatic heterocycles. The normalized spacial score (nSPS) is 11.6. The second-order valence-corrected chi connectivity index (χ2v) is 9.58. The van der Waals surface area contributed by atoms with Crippen LogP contribution >= 0.6 is 15.9 Å². The van der Waals surface area contributed by atoms with Crippen LogP contribution in [0.5, 0.6) is 11.5 Å². The van der Waals surface area contributed by atoms with Gasteiger partial charge in [-0.05, 0) is 75.1 Å². The van der Waals surface area contributed by atoms with Crippen LogP contribution in [0.3, 0.4) is 0 Å². The Hall–Kier alpha value is -4.16. The molecule has 6 aromatic rings. The molecule has 0 radical (unpaired) electrons. The van der Waals surface area contributed by atoms with Crippen molar-refractivity contribution >= 4 is 37.9 Å². The summed E-state index contributed by atoms with van der Waals surface area (Å²) in [6.07, 6.45) is 3.76. The molecule has 182 valence electrons. The third kappa shape index (κ3) is 3.67. The van der Waals surface area contributed by atoms with Crippen molar-refractivity contribution in [3.63, 3.8) is 0 Å². The van der Waals surface area contributed by atoms with E-state index in [0.29, 0.717) is 0 Å². The fourth-order valence-electron chi connectivity index (χ4n) is 5.28. The molecule has 37 heavy (non-hydrogen) atoms. The van der Waals surface area contributed by atoms with Crippen LogP contribution in [-0.2, 0) is 5.54 Å². The van der Waals surface area contributed by atoms with Crippen LogP contribution in [0.1, 0.15) is 16.7 Å². The van der Waals surface area contributed by atoms with E-state index in [1.54, 1.807) is 14.2 Å². The summed E-state index contributed by atoms with van der Waals surface area (Å²) in [4.78, 5) is 9.48. The topological polar surface area (TPSA) is 49.2 Å². The standard InChI is InChI=1S/C31H24BrN3O2/c1-36-24-12-8-22(9-13-24)31(21-6-4-3-5-7-21,23-10-14-25(37-2)15-11-23)35-28-18-19-33-20-27(28)26-16-17-29(32)34-30(26)35/h3-20H,1-2H3. The Kier molecular flexibility index (Phi) is 5.89. The third-order valence-electron chi connectivity index (χ3n) is 6.92. The lowest BCUT2D eigenvalue weighted by atomic mass is 9.76. The van der Waals surface area contributed by atoms with Gasteiger partial charge in [0.2, 0.25) is 0 Å². The molecule has 6 rings (SSSR count). The number of rotatable bonds is 6. The number of hydrogen-bond donors (Lipinski definition) is 0. The lowest BCUT2D eigenvalue weighted by molar-refractivity contribution is 0.413. The zero-order chi connectivity index (χ0) is 25.4. The Morgan fingerprint density at radius 2 is 1.27 bits per heavy atom. The molecule has 6 heteroatoms. The average Bonchev–Trinajstić information content (AvgIpc) is 3.28. The maximum atomic E-state index is 5.52. The number of methoxy groups -OCH3 is 2. The molecule has 0 atom stereocenters. The van der Waals surface area contributed by atoms with Gasteiger partial charge in [0.1, 0.15) is 27.3 Å². The van der Waals surface area contributed by atoms with Crippen LogP contribution in [0.4, 0.5) is 0 Å². The predicted octanol–water partition coefficient (Wildman–Crippen LogP) is 7.20. The van der Waals surface area contributed by atoms with E-state index in [1.807, 2.05) is 48.8 Å².